The lowest BCUT2D eigenvalue weighted by Crippen LogP contribution is -2.38. The van der Waals surface area contributed by atoms with Gasteiger partial charge in [-0.15, -0.1) is 0 Å². The van der Waals surface area contributed by atoms with Gasteiger partial charge in [0.25, 0.3) is 17.4 Å². The molecule has 1 fully saturated rings. The van der Waals surface area contributed by atoms with Gasteiger partial charge in [0.15, 0.2) is 0 Å². The molecular formula is C23H17N3O5. The molecule has 0 spiro atoms. The van der Waals surface area contributed by atoms with Gasteiger partial charge in [0, 0.05) is 23.6 Å². The number of aromatic nitrogens is 1. The van der Waals surface area contributed by atoms with Crippen molar-refractivity contribution in [3.63, 3.8) is 0 Å². The average molecular weight is 415 g/mol. The van der Waals surface area contributed by atoms with E-state index >= 15 is 0 Å². The Balaban J connectivity index is 1.31. The number of carbonyl (C=O) groups is 3. The molecule has 8 nitrogen and oxygen atoms in total. The van der Waals surface area contributed by atoms with E-state index in [9.17, 15) is 19.2 Å². The molecule has 0 saturated carbocycles. The summed E-state index contributed by atoms with van der Waals surface area (Å²) in [4.78, 5) is 52.1. The summed E-state index contributed by atoms with van der Waals surface area (Å²) in [6.45, 7) is 0.197. The summed E-state index contributed by atoms with van der Waals surface area (Å²) in [5, 5.41) is 0. The van der Waals surface area contributed by atoms with E-state index in [1.54, 1.807) is 66.9 Å². The summed E-state index contributed by atoms with van der Waals surface area (Å²) < 4.78 is 6.90. The Morgan fingerprint density at radius 2 is 1.39 bits per heavy atom. The summed E-state index contributed by atoms with van der Waals surface area (Å²) in [6.07, 6.45) is 0.483. The van der Waals surface area contributed by atoms with Crippen molar-refractivity contribution in [2.24, 2.45) is 0 Å². The Bertz CT molecular complexity index is 1230. The van der Waals surface area contributed by atoms with Crippen LogP contribution >= 0.6 is 0 Å². The molecule has 154 valence electrons. The second kappa shape index (κ2) is 7.24. The number of carbonyl (C=O) groups excluding carboxylic acids is 3. The second-order valence-electron chi connectivity index (χ2n) is 7.31. The first kappa shape index (κ1) is 18.8. The number of rotatable bonds is 4. The van der Waals surface area contributed by atoms with Crippen LogP contribution in [0.15, 0.2) is 77.7 Å². The Hall–Kier alpha value is -4.20. The molecule has 3 heterocycles. The van der Waals surface area contributed by atoms with Crippen molar-refractivity contribution in [2.45, 2.75) is 6.10 Å². The van der Waals surface area contributed by atoms with E-state index < -0.39 is 12.2 Å². The van der Waals surface area contributed by atoms with Gasteiger partial charge in [0.1, 0.15) is 6.10 Å². The third kappa shape index (κ3) is 3.18. The summed E-state index contributed by atoms with van der Waals surface area (Å²) in [5.74, 6) is -0.763. The van der Waals surface area contributed by atoms with Crippen LogP contribution in [-0.2, 0) is 4.74 Å². The number of imide groups is 1. The van der Waals surface area contributed by atoms with E-state index in [0.29, 0.717) is 22.5 Å². The van der Waals surface area contributed by atoms with Gasteiger partial charge in [-0.25, -0.2) is 4.79 Å². The molecule has 3 amide bonds. The van der Waals surface area contributed by atoms with E-state index in [2.05, 4.69) is 0 Å². The van der Waals surface area contributed by atoms with Gasteiger partial charge in [-0.3, -0.25) is 28.8 Å². The molecule has 8 heteroatoms. The van der Waals surface area contributed by atoms with Crippen molar-refractivity contribution in [3.05, 3.63) is 94.4 Å². The van der Waals surface area contributed by atoms with Crippen LogP contribution in [0.5, 0.6) is 0 Å². The molecule has 2 aliphatic heterocycles. The monoisotopic (exact) mass is 415 g/mol. The van der Waals surface area contributed by atoms with Gasteiger partial charge < -0.3 is 4.74 Å². The molecule has 2 aromatic carbocycles. The normalized spacial score (nSPS) is 17.8. The zero-order valence-electron chi connectivity index (χ0n) is 16.3. The SMILES string of the molecule is O=C1c2ccccc2C(=O)N1C[C@H]1CN(c2ccc(-n3ccccc3=O)cc2)C(=O)O1. The van der Waals surface area contributed by atoms with Crippen molar-refractivity contribution >= 4 is 23.6 Å². The summed E-state index contributed by atoms with van der Waals surface area (Å²) in [7, 11) is 0. The fourth-order valence-corrected chi connectivity index (χ4v) is 3.87. The van der Waals surface area contributed by atoms with Gasteiger partial charge in [-0.1, -0.05) is 18.2 Å². The number of amides is 3. The average Bonchev–Trinajstić information content (AvgIpc) is 3.27. The minimum Gasteiger partial charge on any atom is -0.442 e. The minimum absolute atomic E-state index is 0.00786. The number of cyclic esters (lactones) is 1. The quantitative estimate of drug-likeness (QED) is 0.611. The Labute approximate surface area is 176 Å². The number of nitrogens with zero attached hydrogens (tertiary/aromatic N) is 3. The first-order valence-electron chi connectivity index (χ1n) is 9.74. The molecule has 0 unspecified atom stereocenters. The van der Waals surface area contributed by atoms with Crippen LogP contribution in [0.3, 0.4) is 0 Å². The lowest BCUT2D eigenvalue weighted by atomic mass is 10.1. The molecule has 0 radical (unpaired) electrons. The zero-order chi connectivity index (χ0) is 21.5. The molecule has 0 bridgehead atoms. The number of anilines is 1. The molecule has 5 rings (SSSR count). The van der Waals surface area contributed by atoms with Crippen molar-refractivity contribution in [1.29, 1.82) is 0 Å². The van der Waals surface area contributed by atoms with E-state index in [4.69, 9.17) is 4.74 Å². The van der Waals surface area contributed by atoms with Gasteiger partial charge in [0.05, 0.1) is 24.2 Å². The highest BCUT2D eigenvalue weighted by atomic mass is 16.6. The molecule has 1 atom stereocenters. The first-order valence-corrected chi connectivity index (χ1v) is 9.74. The predicted molar refractivity (Wildman–Crippen MR) is 111 cm³/mol. The maximum atomic E-state index is 12.6. The molecule has 0 aliphatic carbocycles. The molecule has 2 aliphatic rings. The minimum atomic E-state index is -0.633. The van der Waals surface area contributed by atoms with Gasteiger partial charge in [-0.2, -0.15) is 0 Å². The van der Waals surface area contributed by atoms with Gasteiger partial charge in [0.2, 0.25) is 0 Å². The number of benzene rings is 2. The van der Waals surface area contributed by atoms with E-state index in [-0.39, 0.29) is 30.5 Å². The number of pyridine rings is 1. The molecular weight excluding hydrogens is 398 g/mol. The van der Waals surface area contributed by atoms with Crippen LogP contribution in [0.4, 0.5) is 10.5 Å². The van der Waals surface area contributed by atoms with Crippen LogP contribution in [0.2, 0.25) is 0 Å². The third-order valence-corrected chi connectivity index (χ3v) is 5.40. The number of fused-ring (bicyclic) bond motifs is 1. The van der Waals surface area contributed by atoms with E-state index in [1.165, 1.54) is 15.5 Å². The summed E-state index contributed by atoms with van der Waals surface area (Å²) in [5.41, 5.74) is 1.84. The Kier molecular flexibility index (Phi) is 4.39. The van der Waals surface area contributed by atoms with E-state index in [1.807, 2.05) is 0 Å². The number of hydrogen-bond donors (Lipinski definition) is 0. The highest BCUT2D eigenvalue weighted by molar-refractivity contribution is 6.21. The standard InChI is InChI=1S/C23H17N3O5/c27-20-7-3-4-12-24(20)15-8-10-16(11-9-15)25-13-17(31-23(25)30)14-26-21(28)18-5-1-2-6-19(18)22(26)29/h1-12,17H,13-14H2/t17-/m1/s1. The maximum absolute atomic E-state index is 12.6. The Morgan fingerprint density at radius 3 is 2.03 bits per heavy atom. The Morgan fingerprint density at radius 1 is 0.774 bits per heavy atom. The molecule has 1 aromatic heterocycles. The topological polar surface area (TPSA) is 88.9 Å². The molecule has 0 N–H and O–H groups in total. The highest BCUT2D eigenvalue weighted by Crippen LogP contribution is 2.26. The van der Waals surface area contributed by atoms with Gasteiger partial charge >= 0.3 is 6.09 Å². The van der Waals surface area contributed by atoms with Crippen LogP contribution in [0, 0.1) is 0 Å². The van der Waals surface area contributed by atoms with Crippen LogP contribution in [0.25, 0.3) is 5.69 Å². The zero-order valence-corrected chi connectivity index (χ0v) is 16.3. The predicted octanol–water partition coefficient (Wildman–Crippen LogP) is 2.46. The first-order chi connectivity index (χ1) is 15.0. The van der Waals surface area contributed by atoms with E-state index in [0.717, 1.165) is 4.90 Å². The number of ether oxygens (including phenoxy) is 1. The lowest BCUT2D eigenvalue weighted by Gasteiger charge is -2.17. The molecule has 3 aromatic rings. The smallest absolute Gasteiger partial charge is 0.414 e. The lowest BCUT2D eigenvalue weighted by molar-refractivity contribution is 0.0558. The van der Waals surface area contributed by atoms with Crippen LogP contribution in [-0.4, -0.2) is 46.6 Å². The fraction of sp³-hybridized carbons (Fsp3) is 0.130. The van der Waals surface area contributed by atoms with Crippen molar-refractivity contribution < 1.29 is 19.1 Å². The summed E-state index contributed by atoms with van der Waals surface area (Å²) >= 11 is 0. The van der Waals surface area contributed by atoms with Crippen LogP contribution < -0.4 is 10.5 Å². The largest absolute Gasteiger partial charge is 0.442 e. The number of hydrogen-bond acceptors (Lipinski definition) is 5. The highest BCUT2D eigenvalue weighted by Gasteiger charge is 2.40. The third-order valence-electron chi connectivity index (χ3n) is 5.40. The van der Waals surface area contributed by atoms with Crippen molar-refractivity contribution in [1.82, 2.24) is 9.47 Å². The molecule has 31 heavy (non-hydrogen) atoms. The van der Waals surface area contributed by atoms with Gasteiger partial charge in [-0.05, 0) is 42.5 Å². The second-order valence-corrected chi connectivity index (χ2v) is 7.31. The van der Waals surface area contributed by atoms with Crippen molar-refractivity contribution in [3.8, 4) is 5.69 Å². The van der Waals surface area contributed by atoms with Crippen LogP contribution in [0.1, 0.15) is 20.7 Å². The maximum Gasteiger partial charge on any atom is 0.414 e. The fourth-order valence-electron chi connectivity index (χ4n) is 3.87. The van der Waals surface area contributed by atoms with Crippen molar-refractivity contribution in [2.75, 3.05) is 18.0 Å². The summed E-state index contributed by atoms with van der Waals surface area (Å²) in [6, 6.07) is 18.5. The molecule has 1 saturated heterocycles.